The predicted octanol–water partition coefficient (Wildman–Crippen LogP) is 5.02. The largest absolute Gasteiger partial charge is 0.324 e. The Morgan fingerprint density at radius 1 is 0.935 bits per heavy atom. The highest BCUT2D eigenvalue weighted by atomic mass is 79.9. The van der Waals surface area contributed by atoms with Crippen LogP contribution in [0, 0.1) is 13.8 Å². The average Bonchev–Trinajstić information content (AvgIpc) is 3.12. The number of benzene rings is 2. The highest BCUT2D eigenvalue weighted by Crippen LogP contribution is 2.19. The van der Waals surface area contributed by atoms with Crippen molar-refractivity contribution in [1.29, 1.82) is 0 Å². The Hall–Kier alpha value is -3.59. The third-order valence-corrected chi connectivity index (χ3v) is 4.97. The molecule has 2 aromatic heterocycles. The Morgan fingerprint density at radius 2 is 1.65 bits per heavy atom. The summed E-state index contributed by atoms with van der Waals surface area (Å²) < 4.78 is 2.67. The zero-order valence-corrected chi connectivity index (χ0v) is 18.9. The lowest BCUT2D eigenvalue weighted by Gasteiger charge is -2.10. The van der Waals surface area contributed by atoms with Crippen LogP contribution in [0.4, 0.5) is 17.6 Å². The van der Waals surface area contributed by atoms with Crippen LogP contribution < -0.4 is 10.7 Å². The first-order valence-corrected chi connectivity index (χ1v) is 10.5. The molecule has 0 unspecified atom stereocenters. The monoisotopic (exact) mass is 476 g/mol. The molecule has 0 aliphatic carbocycles. The van der Waals surface area contributed by atoms with Crippen LogP contribution in [0.1, 0.15) is 23.9 Å². The number of anilines is 3. The smallest absolute Gasteiger partial charge is 0.257 e. The molecule has 0 aliphatic heterocycles. The van der Waals surface area contributed by atoms with Crippen molar-refractivity contribution >= 4 is 39.2 Å². The minimum Gasteiger partial charge on any atom is -0.324 e. The topological polar surface area (TPSA) is 92.9 Å². The van der Waals surface area contributed by atoms with E-state index in [9.17, 15) is 0 Å². The molecule has 0 radical (unpaired) electrons. The van der Waals surface area contributed by atoms with E-state index in [1.807, 2.05) is 81.4 Å². The van der Waals surface area contributed by atoms with Crippen molar-refractivity contribution in [1.82, 2.24) is 24.7 Å². The Morgan fingerprint density at radius 3 is 2.32 bits per heavy atom. The zero-order valence-electron chi connectivity index (χ0n) is 17.3. The summed E-state index contributed by atoms with van der Waals surface area (Å²) in [6, 6.07) is 19.6. The van der Waals surface area contributed by atoms with E-state index in [1.165, 1.54) is 0 Å². The molecule has 0 atom stereocenters. The molecular weight excluding hydrogens is 456 g/mol. The number of halogens is 1. The fraction of sp³-hybridized carbons (Fsp3) is 0.136. The molecule has 31 heavy (non-hydrogen) atoms. The molecule has 0 fully saturated rings. The summed E-state index contributed by atoms with van der Waals surface area (Å²) in [6.07, 6.45) is 0. The van der Waals surface area contributed by atoms with Crippen LogP contribution in [0.3, 0.4) is 0 Å². The molecule has 2 N–H and O–H groups in total. The van der Waals surface area contributed by atoms with Gasteiger partial charge < -0.3 is 5.32 Å². The average molecular weight is 477 g/mol. The molecule has 9 heteroatoms. The summed E-state index contributed by atoms with van der Waals surface area (Å²) in [5, 5.41) is 12.1. The molecule has 0 spiro atoms. The fourth-order valence-corrected chi connectivity index (χ4v) is 3.20. The predicted molar refractivity (Wildman–Crippen MR) is 126 cm³/mol. The maximum atomic E-state index is 4.55. The maximum absolute atomic E-state index is 4.55. The summed E-state index contributed by atoms with van der Waals surface area (Å²) in [7, 11) is 0. The maximum Gasteiger partial charge on any atom is 0.257 e. The third kappa shape index (κ3) is 5.13. The molecule has 2 heterocycles. The van der Waals surface area contributed by atoms with Crippen LogP contribution in [-0.2, 0) is 0 Å². The van der Waals surface area contributed by atoms with Gasteiger partial charge in [-0.1, -0.05) is 46.3 Å². The lowest BCUT2D eigenvalue weighted by Crippen LogP contribution is -2.11. The van der Waals surface area contributed by atoms with Gasteiger partial charge in [0.15, 0.2) is 0 Å². The van der Waals surface area contributed by atoms with E-state index in [0.717, 1.165) is 32.8 Å². The minimum atomic E-state index is 0.312. The second-order valence-electron chi connectivity index (χ2n) is 6.93. The van der Waals surface area contributed by atoms with Crippen molar-refractivity contribution in [2.24, 2.45) is 5.10 Å². The van der Waals surface area contributed by atoms with Crippen molar-refractivity contribution < 1.29 is 0 Å². The molecule has 0 amide bonds. The molecule has 4 rings (SSSR count). The van der Waals surface area contributed by atoms with Gasteiger partial charge in [0.25, 0.3) is 5.95 Å². The zero-order chi connectivity index (χ0) is 21.8. The first-order chi connectivity index (χ1) is 15.0. The van der Waals surface area contributed by atoms with Gasteiger partial charge in [-0.05, 0) is 56.7 Å². The normalized spacial score (nSPS) is 11.4. The van der Waals surface area contributed by atoms with Crippen LogP contribution in [0.25, 0.3) is 5.95 Å². The Balaban J connectivity index is 1.68. The number of aromatic nitrogens is 5. The summed E-state index contributed by atoms with van der Waals surface area (Å²) >= 11 is 3.44. The van der Waals surface area contributed by atoms with Crippen LogP contribution in [0.2, 0.25) is 0 Å². The molecule has 0 bridgehead atoms. The highest BCUT2D eigenvalue weighted by molar-refractivity contribution is 9.10. The van der Waals surface area contributed by atoms with Crippen LogP contribution in [0.15, 0.2) is 70.2 Å². The van der Waals surface area contributed by atoms with E-state index in [-0.39, 0.29) is 0 Å². The third-order valence-electron chi connectivity index (χ3n) is 4.44. The van der Waals surface area contributed by atoms with E-state index in [1.54, 1.807) is 4.68 Å². The molecular formula is C22H21BrN8. The number of rotatable bonds is 6. The Bertz CT molecular complexity index is 1220. The van der Waals surface area contributed by atoms with Gasteiger partial charge in [0.2, 0.25) is 11.9 Å². The standard InChI is InChI=1S/C22H21BrN8/c1-14-13-15(2)31(30-14)22-26-20(24-19-11-9-18(23)10-12-19)25-21(27-22)29-28-16(3)17-7-5-4-6-8-17/h4-13H,1-3H3,(H2,24,25,26,27,29)/b28-16+. The molecule has 156 valence electrons. The minimum absolute atomic E-state index is 0.312. The number of hydrazone groups is 1. The van der Waals surface area contributed by atoms with Gasteiger partial charge in [-0.2, -0.15) is 25.2 Å². The molecule has 4 aromatic rings. The lowest BCUT2D eigenvalue weighted by atomic mass is 10.1. The van der Waals surface area contributed by atoms with Crippen molar-refractivity contribution in [3.63, 3.8) is 0 Å². The molecule has 0 aliphatic rings. The number of hydrogen-bond acceptors (Lipinski definition) is 7. The van der Waals surface area contributed by atoms with Gasteiger partial charge in [-0.25, -0.2) is 10.1 Å². The second-order valence-corrected chi connectivity index (χ2v) is 7.84. The van der Waals surface area contributed by atoms with Crippen LogP contribution in [0.5, 0.6) is 0 Å². The number of nitrogens with zero attached hydrogens (tertiary/aromatic N) is 6. The van der Waals surface area contributed by atoms with Crippen LogP contribution in [-0.4, -0.2) is 30.4 Å². The quantitative estimate of drug-likeness (QED) is 0.299. The van der Waals surface area contributed by atoms with E-state index in [0.29, 0.717) is 17.8 Å². The van der Waals surface area contributed by atoms with Crippen LogP contribution >= 0.6 is 15.9 Å². The van der Waals surface area contributed by atoms with Gasteiger partial charge in [0, 0.05) is 15.9 Å². The highest BCUT2D eigenvalue weighted by Gasteiger charge is 2.12. The van der Waals surface area contributed by atoms with Gasteiger partial charge >= 0.3 is 0 Å². The van der Waals surface area contributed by atoms with Crippen molar-refractivity contribution in [2.45, 2.75) is 20.8 Å². The number of nitrogens with one attached hydrogen (secondary N) is 2. The Labute approximate surface area is 188 Å². The van der Waals surface area contributed by atoms with Crippen molar-refractivity contribution in [3.8, 4) is 5.95 Å². The first-order valence-electron chi connectivity index (χ1n) is 9.66. The van der Waals surface area contributed by atoms with Gasteiger partial charge in [0.1, 0.15) is 0 Å². The van der Waals surface area contributed by atoms with E-state index < -0.39 is 0 Å². The van der Waals surface area contributed by atoms with Gasteiger partial charge in [-0.15, -0.1) is 0 Å². The summed E-state index contributed by atoms with van der Waals surface area (Å²) in [5.74, 6) is 1.10. The summed E-state index contributed by atoms with van der Waals surface area (Å²) in [5.41, 5.74) is 7.43. The van der Waals surface area contributed by atoms with Gasteiger partial charge in [0.05, 0.1) is 11.4 Å². The van der Waals surface area contributed by atoms with E-state index >= 15 is 0 Å². The van der Waals surface area contributed by atoms with Gasteiger partial charge in [-0.3, -0.25) is 0 Å². The van der Waals surface area contributed by atoms with E-state index in [4.69, 9.17) is 0 Å². The van der Waals surface area contributed by atoms with Crippen molar-refractivity contribution in [2.75, 3.05) is 10.7 Å². The van der Waals surface area contributed by atoms with E-state index in [2.05, 4.69) is 51.8 Å². The first kappa shape index (κ1) is 20.7. The molecule has 0 saturated heterocycles. The summed E-state index contributed by atoms with van der Waals surface area (Å²) in [4.78, 5) is 13.5. The molecule has 2 aromatic carbocycles. The SMILES string of the molecule is C/C(=N\Nc1nc(Nc2ccc(Br)cc2)nc(-n2nc(C)cc2C)n1)c1ccccc1. The number of aryl methyl sites for hydroxylation is 2. The summed E-state index contributed by atoms with van der Waals surface area (Å²) in [6.45, 7) is 5.81. The molecule has 8 nitrogen and oxygen atoms in total. The van der Waals surface area contributed by atoms with Crippen molar-refractivity contribution in [3.05, 3.63) is 82.1 Å². The second kappa shape index (κ2) is 9.05. The number of hydrogen-bond donors (Lipinski definition) is 2. The fourth-order valence-electron chi connectivity index (χ4n) is 2.94. The lowest BCUT2D eigenvalue weighted by molar-refractivity contribution is 0.767. The Kier molecular flexibility index (Phi) is 6.03. The molecule has 0 saturated carbocycles.